The van der Waals surface area contributed by atoms with E-state index in [1.165, 1.54) is 24.9 Å². The lowest BCUT2D eigenvalue weighted by Crippen LogP contribution is -2.32. The highest BCUT2D eigenvalue weighted by molar-refractivity contribution is 7.99. The smallest absolute Gasteiger partial charge is 0.331 e. The van der Waals surface area contributed by atoms with Crippen molar-refractivity contribution < 1.29 is 32.5 Å². The van der Waals surface area contributed by atoms with Crippen LogP contribution in [0.3, 0.4) is 0 Å². The summed E-state index contributed by atoms with van der Waals surface area (Å²) in [6.45, 7) is 5.55. The summed E-state index contributed by atoms with van der Waals surface area (Å²) in [7, 11) is 1.31. The van der Waals surface area contributed by atoms with Gasteiger partial charge in [0.1, 0.15) is 18.8 Å². The zero-order valence-corrected chi connectivity index (χ0v) is 24.0. The fourth-order valence-electron chi connectivity index (χ4n) is 5.58. The number of methoxy groups -OCH3 is 1. The van der Waals surface area contributed by atoms with E-state index < -0.39 is 41.7 Å². The van der Waals surface area contributed by atoms with E-state index in [9.17, 15) is 13.6 Å². The molecule has 0 radical (unpaired) electrons. The maximum Gasteiger partial charge on any atom is 0.331 e. The number of fused-ring (bicyclic) bond motifs is 2. The van der Waals surface area contributed by atoms with E-state index in [2.05, 4.69) is 22.6 Å². The Bertz CT molecular complexity index is 1460. The first-order valence-electron chi connectivity index (χ1n) is 13.7. The summed E-state index contributed by atoms with van der Waals surface area (Å²) in [5, 5.41) is 12.9. The Hall–Kier alpha value is -2.94. The van der Waals surface area contributed by atoms with Crippen LogP contribution < -0.4 is 5.32 Å². The third-order valence-corrected chi connectivity index (χ3v) is 8.62. The lowest BCUT2D eigenvalue weighted by atomic mass is 10.1. The Balaban J connectivity index is 1.30. The molecule has 3 fully saturated rings. The van der Waals surface area contributed by atoms with E-state index in [0.29, 0.717) is 28.6 Å². The number of thioether (sulfide) groups is 1. The number of benzene rings is 1. The van der Waals surface area contributed by atoms with Gasteiger partial charge in [-0.25, -0.2) is 28.2 Å². The number of esters is 1. The monoisotopic (exact) mass is 590 g/mol. The second-order valence-corrected chi connectivity index (χ2v) is 12.0. The largest absolute Gasteiger partial charge is 0.467 e. The van der Waals surface area contributed by atoms with E-state index in [4.69, 9.17) is 28.9 Å². The van der Waals surface area contributed by atoms with Gasteiger partial charge in [0.2, 0.25) is 0 Å². The quantitative estimate of drug-likeness (QED) is 0.209. The van der Waals surface area contributed by atoms with Crippen molar-refractivity contribution in [2.45, 2.75) is 87.3 Å². The van der Waals surface area contributed by atoms with Gasteiger partial charge in [-0.3, -0.25) is 0 Å². The van der Waals surface area contributed by atoms with Gasteiger partial charge in [0, 0.05) is 24.1 Å². The summed E-state index contributed by atoms with van der Waals surface area (Å²) < 4.78 is 52.1. The Labute approximate surface area is 239 Å². The van der Waals surface area contributed by atoms with Gasteiger partial charge in [0.25, 0.3) is 0 Å². The molecular formula is C27H32F2N6O5S. The summed E-state index contributed by atoms with van der Waals surface area (Å²) >= 11 is 1.53. The molecule has 3 aliphatic rings. The molecule has 3 heterocycles. The molecule has 11 nitrogen and oxygen atoms in total. The zero-order chi connectivity index (χ0) is 28.9. The van der Waals surface area contributed by atoms with E-state index in [1.807, 2.05) is 13.8 Å². The minimum absolute atomic E-state index is 0.0199. The fourth-order valence-corrected chi connectivity index (χ4v) is 6.27. The molecule has 41 heavy (non-hydrogen) atoms. The normalized spacial score (nSPS) is 28.1. The number of anilines is 1. The van der Waals surface area contributed by atoms with Gasteiger partial charge >= 0.3 is 5.97 Å². The standard InChI is InChI=1S/C27H32F2N6O5S/c1-5-8-41-26-31-24(30-17-10-14(17)13-6-7-15(28)16(29)9-13)21-25(32-26)35(34-33-21)18-11-19(38-12-20(36)37-4)23-22(18)39-27(2,3)40-23/h6-7,9,14,17-19,22-23H,5,8,10-12H2,1-4H3,(H,30,31,32)/t14?,17-,18-,19-,22?,23+/m0/s1. The highest BCUT2D eigenvalue weighted by Gasteiger charge is 2.56. The molecule has 2 saturated carbocycles. The molecule has 1 aromatic carbocycles. The molecule has 1 saturated heterocycles. The predicted molar refractivity (Wildman–Crippen MR) is 144 cm³/mol. The van der Waals surface area contributed by atoms with Crippen molar-refractivity contribution in [2.24, 2.45) is 0 Å². The van der Waals surface area contributed by atoms with Gasteiger partial charge in [0.15, 0.2) is 39.6 Å². The van der Waals surface area contributed by atoms with Crippen LogP contribution in [0, 0.1) is 11.6 Å². The average molecular weight is 591 g/mol. The van der Waals surface area contributed by atoms with Gasteiger partial charge in [-0.1, -0.05) is 30.0 Å². The van der Waals surface area contributed by atoms with E-state index in [1.54, 1.807) is 10.7 Å². The minimum atomic E-state index is -0.863. The first-order chi connectivity index (χ1) is 19.7. The average Bonchev–Trinajstić information content (AvgIpc) is 3.28. The van der Waals surface area contributed by atoms with Crippen LogP contribution in [-0.4, -0.2) is 80.5 Å². The molecule has 2 aliphatic carbocycles. The SMILES string of the molecule is CCCSc1nc(N[C@H]2CC2c2ccc(F)c(F)c2)c2nnn([C@H]3C[C@H](OCC(=O)OC)[C@H]4OC(C)(C)OC43)c2n1. The predicted octanol–water partition coefficient (Wildman–Crippen LogP) is 3.99. The molecule has 0 bridgehead atoms. The molecule has 1 aliphatic heterocycles. The number of rotatable bonds is 10. The van der Waals surface area contributed by atoms with Crippen molar-refractivity contribution in [1.29, 1.82) is 0 Å². The first-order valence-corrected chi connectivity index (χ1v) is 14.7. The van der Waals surface area contributed by atoms with E-state index >= 15 is 0 Å². The third-order valence-electron chi connectivity index (χ3n) is 7.56. The maximum absolute atomic E-state index is 13.8. The molecule has 0 amide bonds. The molecule has 0 spiro atoms. The van der Waals surface area contributed by atoms with Crippen LogP contribution in [0.1, 0.15) is 57.6 Å². The van der Waals surface area contributed by atoms with Crippen molar-refractivity contribution in [3.05, 3.63) is 35.4 Å². The number of hydrogen-bond acceptors (Lipinski definition) is 11. The summed E-state index contributed by atoms with van der Waals surface area (Å²) in [4.78, 5) is 21.3. The molecule has 2 unspecified atom stereocenters. The first kappa shape index (κ1) is 28.2. The maximum atomic E-state index is 13.8. The Morgan fingerprint density at radius 2 is 2.00 bits per heavy atom. The zero-order valence-electron chi connectivity index (χ0n) is 23.2. The molecule has 1 N–H and O–H groups in total. The van der Waals surface area contributed by atoms with Gasteiger partial charge in [0.05, 0.1) is 19.3 Å². The van der Waals surface area contributed by atoms with E-state index in [0.717, 1.165) is 30.2 Å². The second kappa shape index (κ2) is 11.0. The topological polar surface area (TPSA) is 123 Å². The van der Waals surface area contributed by atoms with Crippen molar-refractivity contribution in [2.75, 3.05) is 24.8 Å². The van der Waals surface area contributed by atoms with Crippen LogP contribution in [0.5, 0.6) is 0 Å². The molecule has 2 aromatic heterocycles. The molecule has 6 atom stereocenters. The Morgan fingerprint density at radius 1 is 1.20 bits per heavy atom. The van der Waals surface area contributed by atoms with Gasteiger partial charge in [-0.05, 0) is 44.4 Å². The Kier molecular flexibility index (Phi) is 7.59. The van der Waals surface area contributed by atoms with Gasteiger partial charge < -0.3 is 24.3 Å². The lowest BCUT2D eigenvalue weighted by Gasteiger charge is -2.23. The van der Waals surface area contributed by atoms with Crippen molar-refractivity contribution in [3.8, 4) is 0 Å². The molecule has 220 valence electrons. The van der Waals surface area contributed by atoms with Gasteiger partial charge in [-0.15, -0.1) is 5.10 Å². The Morgan fingerprint density at radius 3 is 2.76 bits per heavy atom. The number of carbonyl (C=O) groups excluding carboxylic acids is 1. The molecule has 3 aromatic rings. The summed E-state index contributed by atoms with van der Waals surface area (Å²) in [5.74, 6) is -1.66. The van der Waals surface area contributed by atoms with Crippen LogP contribution in [0.25, 0.3) is 11.2 Å². The van der Waals surface area contributed by atoms with Crippen LogP contribution in [-0.2, 0) is 23.7 Å². The number of nitrogens with zero attached hydrogens (tertiary/aromatic N) is 5. The third kappa shape index (κ3) is 5.62. The van der Waals surface area contributed by atoms with Crippen LogP contribution in [0.15, 0.2) is 23.4 Å². The molecule has 14 heteroatoms. The van der Waals surface area contributed by atoms with Crippen molar-refractivity contribution >= 4 is 34.7 Å². The second-order valence-electron chi connectivity index (χ2n) is 11.0. The number of ether oxygens (including phenoxy) is 4. The number of nitrogens with one attached hydrogen (secondary N) is 1. The highest BCUT2D eigenvalue weighted by Crippen LogP contribution is 2.47. The molecular weight excluding hydrogens is 558 g/mol. The summed E-state index contributed by atoms with van der Waals surface area (Å²) in [5.41, 5.74) is 1.76. The number of hydrogen-bond donors (Lipinski definition) is 1. The van der Waals surface area contributed by atoms with Crippen molar-refractivity contribution in [3.63, 3.8) is 0 Å². The number of halogens is 2. The highest BCUT2D eigenvalue weighted by atomic mass is 32.2. The van der Waals surface area contributed by atoms with E-state index in [-0.39, 0.29) is 24.6 Å². The van der Waals surface area contributed by atoms with Crippen LogP contribution in [0.4, 0.5) is 14.6 Å². The van der Waals surface area contributed by atoms with Crippen molar-refractivity contribution in [1.82, 2.24) is 25.0 Å². The van der Waals surface area contributed by atoms with Crippen LogP contribution >= 0.6 is 11.8 Å². The minimum Gasteiger partial charge on any atom is -0.467 e. The lowest BCUT2D eigenvalue weighted by molar-refractivity contribution is -0.173. The summed E-state index contributed by atoms with van der Waals surface area (Å²) in [6, 6.07) is 3.67. The fraction of sp³-hybridized carbons (Fsp3) is 0.593. The number of carbonyl (C=O) groups is 1. The molecule has 6 rings (SSSR count). The summed E-state index contributed by atoms with van der Waals surface area (Å²) in [6.07, 6.45) is 0.896. The van der Waals surface area contributed by atoms with Crippen LogP contribution in [0.2, 0.25) is 0 Å². The number of aromatic nitrogens is 5. The van der Waals surface area contributed by atoms with Gasteiger partial charge in [-0.2, -0.15) is 0 Å².